The zero-order valence-electron chi connectivity index (χ0n) is 11.1. The van der Waals surface area contributed by atoms with Crippen molar-refractivity contribution in [3.63, 3.8) is 0 Å². The number of ether oxygens (including phenoxy) is 1. The highest BCUT2D eigenvalue weighted by atomic mass is 79.9. The molecule has 0 bridgehead atoms. The van der Waals surface area contributed by atoms with Gasteiger partial charge in [-0.15, -0.1) is 11.3 Å². The summed E-state index contributed by atoms with van der Waals surface area (Å²) < 4.78 is 5.91. The highest BCUT2D eigenvalue weighted by molar-refractivity contribution is 9.10. The van der Waals surface area contributed by atoms with E-state index in [4.69, 9.17) is 4.74 Å². The van der Waals surface area contributed by atoms with Crippen molar-refractivity contribution < 1.29 is 9.53 Å². The molecular weight excluding hydrogens is 340 g/mol. The molecule has 0 aliphatic carbocycles. The number of anilines is 2. The van der Waals surface area contributed by atoms with E-state index >= 15 is 0 Å². The molecule has 20 heavy (non-hydrogen) atoms. The molecule has 0 saturated heterocycles. The lowest BCUT2D eigenvalue weighted by Gasteiger charge is -2.02. The molecule has 106 valence electrons. The van der Waals surface area contributed by atoms with Gasteiger partial charge in [0.1, 0.15) is 0 Å². The first kappa shape index (κ1) is 15.0. The number of hydrogen-bond acceptors (Lipinski definition) is 5. The van der Waals surface area contributed by atoms with E-state index in [-0.39, 0.29) is 5.97 Å². The van der Waals surface area contributed by atoms with Gasteiger partial charge in [0.25, 0.3) is 0 Å². The smallest absolute Gasteiger partial charge is 0.306 e. The van der Waals surface area contributed by atoms with Crippen LogP contribution in [0.15, 0.2) is 34.1 Å². The van der Waals surface area contributed by atoms with Crippen molar-refractivity contribution in [1.82, 2.24) is 4.98 Å². The maximum Gasteiger partial charge on any atom is 0.306 e. The van der Waals surface area contributed by atoms with E-state index in [1.54, 1.807) is 6.92 Å². The standard InChI is InChI=1S/C14H15BrN2O2S/c1-2-19-13(18)7-6-12-9-20-14(17-12)16-11-5-3-4-10(15)8-11/h3-5,8-9H,2,6-7H2,1H3,(H,16,17). The van der Waals surface area contributed by atoms with Crippen LogP contribution in [0.5, 0.6) is 0 Å². The van der Waals surface area contributed by atoms with E-state index < -0.39 is 0 Å². The molecule has 1 aromatic carbocycles. The normalized spacial score (nSPS) is 10.3. The summed E-state index contributed by atoms with van der Waals surface area (Å²) in [6.45, 7) is 2.23. The van der Waals surface area contributed by atoms with Gasteiger partial charge in [0.05, 0.1) is 18.7 Å². The lowest BCUT2D eigenvalue weighted by atomic mass is 10.2. The number of rotatable bonds is 6. The number of benzene rings is 1. The van der Waals surface area contributed by atoms with Crippen LogP contribution in [0.4, 0.5) is 10.8 Å². The number of carbonyl (C=O) groups is 1. The molecular formula is C14H15BrN2O2S. The second kappa shape index (κ2) is 7.40. The Morgan fingerprint density at radius 3 is 3.10 bits per heavy atom. The van der Waals surface area contributed by atoms with Gasteiger partial charge >= 0.3 is 5.97 Å². The quantitative estimate of drug-likeness (QED) is 0.791. The van der Waals surface area contributed by atoms with Gasteiger partial charge in [0.15, 0.2) is 5.13 Å². The molecule has 4 nitrogen and oxygen atoms in total. The number of aryl methyl sites for hydroxylation is 1. The first-order chi connectivity index (χ1) is 9.67. The molecule has 1 N–H and O–H groups in total. The van der Waals surface area contributed by atoms with Crippen molar-refractivity contribution in [2.45, 2.75) is 19.8 Å². The first-order valence-electron chi connectivity index (χ1n) is 6.30. The Morgan fingerprint density at radius 2 is 2.35 bits per heavy atom. The molecule has 6 heteroatoms. The third kappa shape index (κ3) is 4.61. The minimum Gasteiger partial charge on any atom is -0.466 e. The summed E-state index contributed by atoms with van der Waals surface area (Å²) in [5.41, 5.74) is 1.88. The van der Waals surface area contributed by atoms with Crippen molar-refractivity contribution in [2.24, 2.45) is 0 Å². The average molecular weight is 355 g/mol. The fourth-order valence-corrected chi connectivity index (χ4v) is 2.80. The van der Waals surface area contributed by atoms with Gasteiger partial charge in [-0.25, -0.2) is 4.98 Å². The van der Waals surface area contributed by atoms with Crippen LogP contribution in [0.2, 0.25) is 0 Å². The van der Waals surface area contributed by atoms with Crippen LogP contribution in [-0.4, -0.2) is 17.6 Å². The van der Waals surface area contributed by atoms with Crippen LogP contribution in [0.25, 0.3) is 0 Å². The number of carbonyl (C=O) groups excluding carboxylic acids is 1. The zero-order valence-corrected chi connectivity index (χ0v) is 13.5. The van der Waals surface area contributed by atoms with Crippen LogP contribution in [0.1, 0.15) is 19.0 Å². The summed E-state index contributed by atoms with van der Waals surface area (Å²) in [6, 6.07) is 7.89. The molecule has 0 saturated carbocycles. The van der Waals surface area contributed by atoms with Crippen molar-refractivity contribution >= 4 is 44.1 Å². The Bertz CT molecular complexity index is 586. The Hall–Kier alpha value is -1.40. The molecule has 0 spiro atoms. The average Bonchev–Trinajstić information content (AvgIpc) is 2.84. The summed E-state index contributed by atoms with van der Waals surface area (Å²) in [6.07, 6.45) is 0.976. The van der Waals surface area contributed by atoms with Crippen molar-refractivity contribution in [1.29, 1.82) is 0 Å². The van der Waals surface area contributed by atoms with E-state index in [1.165, 1.54) is 11.3 Å². The predicted molar refractivity (Wildman–Crippen MR) is 84.5 cm³/mol. The summed E-state index contributed by atoms with van der Waals surface area (Å²) >= 11 is 4.95. The Morgan fingerprint density at radius 1 is 1.50 bits per heavy atom. The summed E-state index contributed by atoms with van der Waals surface area (Å²) in [7, 11) is 0. The summed E-state index contributed by atoms with van der Waals surface area (Å²) in [4.78, 5) is 15.7. The molecule has 0 aliphatic heterocycles. The molecule has 2 rings (SSSR count). The van der Waals surface area contributed by atoms with Gasteiger partial charge in [0, 0.05) is 22.0 Å². The third-order valence-electron chi connectivity index (χ3n) is 2.52. The maximum absolute atomic E-state index is 11.3. The minimum atomic E-state index is -0.179. The molecule has 2 aromatic rings. The van der Waals surface area contributed by atoms with Gasteiger partial charge in [-0.05, 0) is 25.1 Å². The number of aromatic nitrogens is 1. The van der Waals surface area contributed by atoms with Gasteiger partial charge < -0.3 is 10.1 Å². The summed E-state index contributed by atoms with van der Waals surface area (Å²) in [5.74, 6) is -0.179. The molecule has 0 fully saturated rings. The molecule has 0 atom stereocenters. The van der Waals surface area contributed by atoms with E-state index in [1.807, 2.05) is 29.6 Å². The molecule has 1 heterocycles. The minimum absolute atomic E-state index is 0.179. The number of nitrogens with one attached hydrogen (secondary N) is 1. The Kier molecular flexibility index (Phi) is 5.55. The monoisotopic (exact) mass is 354 g/mol. The Labute approximate surface area is 130 Å². The fourth-order valence-electron chi connectivity index (χ4n) is 1.63. The molecule has 1 aromatic heterocycles. The zero-order chi connectivity index (χ0) is 14.4. The van der Waals surface area contributed by atoms with Gasteiger partial charge in [-0.1, -0.05) is 22.0 Å². The van der Waals surface area contributed by atoms with E-state index in [0.29, 0.717) is 19.4 Å². The SMILES string of the molecule is CCOC(=O)CCc1csc(Nc2cccc(Br)c2)n1. The Balaban J connectivity index is 1.90. The van der Waals surface area contributed by atoms with Crippen LogP contribution >= 0.6 is 27.3 Å². The van der Waals surface area contributed by atoms with Crippen LogP contribution in [-0.2, 0) is 16.0 Å². The van der Waals surface area contributed by atoms with Gasteiger partial charge in [0.2, 0.25) is 0 Å². The number of hydrogen-bond donors (Lipinski definition) is 1. The second-order valence-electron chi connectivity index (χ2n) is 4.08. The first-order valence-corrected chi connectivity index (χ1v) is 7.97. The van der Waals surface area contributed by atoms with Crippen LogP contribution in [0, 0.1) is 0 Å². The molecule has 0 radical (unpaired) electrons. The molecule has 0 aliphatic rings. The van der Waals surface area contributed by atoms with E-state index in [0.717, 1.165) is 21.0 Å². The number of esters is 1. The number of halogens is 1. The molecule has 0 unspecified atom stereocenters. The van der Waals surface area contributed by atoms with Crippen LogP contribution in [0.3, 0.4) is 0 Å². The summed E-state index contributed by atoms with van der Waals surface area (Å²) in [5, 5.41) is 6.02. The van der Waals surface area contributed by atoms with E-state index in [2.05, 4.69) is 26.2 Å². The van der Waals surface area contributed by atoms with Crippen LogP contribution < -0.4 is 5.32 Å². The maximum atomic E-state index is 11.3. The molecule has 0 amide bonds. The van der Waals surface area contributed by atoms with Gasteiger partial charge in [-0.2, -0.15) is 0 Å². The number of nitrogens with zero attached hydrogens (tertiary/aromatic N) is 1. The van der Waals surface area contributed by atoms with Crippen molar-refractivity contribution in [3.8, 4) is 0 Å². The van der Waals surface area contributed by atoms with E-state index in [9.17, 15) is 4.79 Å². The fraction of sp³-hybridized carbons (Fsp3) is 0.286. The highest BCUT2D eigenvalue weighted by Crippen LogP contribution is 2.23. The largest absolute Gasteiger partial charge is 0.466 e. The topological polar surface area (TPSA) is 51.2 Å². The van der Waals surface area contributed by atoms with Crippen molar-refractivity contribution in [3.05, 3.63) is 39.8 Å². The second-order valence-corrected chi connectivity index (χ2v) is 5.86. The van der Waals surface area contributed by atoms with Crippen molar-refractivity contribution in [2.75, 3.05) is 11.9 Å². The third-order valence-corrected chi connectivity index (χ3v) is 3.82. The highest BCUT2D eigenvalue weighted by Gasteiger charge is 2.06. The lowest BCUT2D eigenvalue weighted by molar-refractivity contribution is -0.143. The number of thiazole rings is 1. The lowest BCUT2D eigenvalue weighted by Crippen LogP contribution is -2.05. The predicted octanol–water partition coefficient (Wildman–Crippen LogP) is 4.14. The van der Waals surface area contributed by atoms with Gasteiger partial charge in [-0.3, -0.25) is 4.79 Å².